The maximum absolute atomic E-state index is 5.61. The second kappa shape index (κ2) is 6.44. The number of hydrogen-bond donors (Lipinski definition) is 1. The molecule has 2 aromatic rings. The van der Waals surface area contributed by atoms with Gasteiger partial charge in [0.15, 0.2) is 0 Å². The number of benzene rings is 1. The molecule has 3 rings (SSSR count). The van der Waals surface area contributed by atoms with Crippen molar-refractivity contribution in [2.75, 3.05) is 18.5 Å². The molecule has 112 valence electrons. The quantitative estimate of drug-likeness (QED) is 0.816. The number of para-hydroxylation sites is 1. The summed E-state index contributed by atoms with van der Waals surface area (Å²) >= 11 is 0. The molecule has 21 heavy (non-hydrogen) atoms. The van der Waals surface area contributed by atoms with Crippen molar-refractivity contribution in [2.45, 2.75) is 45.6 Å². The molecular weight excluding hydrogens is 260 g/mol. The highest BCUT2D eigenvalue weighted by Crippen LogP contribution is 2.33. The van der Waals surface area contributed by atoms with Crippen LogP contribution in [0.25, 0.3) is 10.9 Å². The summed E-state index contributed by atoms with van der Waals surface area (Å²) in [5, 5.41) is 4.89. The van der Waals surface area contributed by atoms with E-state index in [1.165, 1.54) is 28.8 Å². The van der Waals surface area contributed by atoms with E-state index in [9.17, 15) is 0 Å². The van der Waals surface area contributed by atoms with Crippen molar-refractivity contribution in [3.05, 3.63) is 35.5 Å². The number of rotatable bonds is 6. The first-order valence-corrected chi connectivity index (χ1v) is 8.01. The predicted molar refractivity (Wildman–Crippen MR) is 88.0 cm³/mol. The molecule has 1 N–H and O–H groups in total. The maximum Gasteiger partial charge on any atom is 0.0726 e. The second-order valence-corrected chi connectivity index (χ2v) is 5.98. The van der Waals surface area contributed by atoms with Gasteiger partial charge >= 0.3 is 0 Å². The fourth-order valence-corrected chi connectivity index (χ4v) is 3.02. The van der Waals surface area contributed by atoms with Gasteiger partial charge in [0, 0.05) is 29.9 Å². The third kappa shape index (κ3) is 3.18. The minimum absolute atomic E-state index is 0.316. The Hall–Kier alpha value is -1.61. The van der Waals surface area contributed by atoms with Crippen LogP contribution in [0.2, 0.25) is 0 Å². The fourth-order valence-electron chi connectivity index (χ4n) is 3.02. The standard InChI is InChI=1S/C18H24N2O/c1-13(2)21-12-6-11-19-18-14-7-3-4-9-16(14)20-17-10-5-8-15(17)18/h3-4,7,9,13H,5-6,8,10-12H2,1-2H3,(H,19,20). The van der Waals surface area contributed by atoms with Crippen molar-refractivity contribution in [2.24, 2.45) is 0 Å². The van der Waals surface area contributed by atoms with Gasteiger partial charge in [0.1, 0.15) is 0 Å². The van der Waals surface area contributed by atoms with Crippen LogP contribution >= 0.6 is 0 Å². The molecule has 0 amide bonds. The summed E-state index contributed by atoms with van der Waals surface area (Å²) < 4.78 is 5.61. The van der Waals surface area contributed by atoms with Gasteiger partial charge in [-0.2, -0.15) is 0 Å². The minimum atomic E-state index is 0.316. The molecule has 1 heterocycles. The Labute approximate surface area is 126 Å². The molecule has 0 spiro atoms. The molecule has 0 saturated carbocycles. The van der Waals surface area contributed by atoms with Crippen LogP contribution in [0.4, 0.5) is 5.69 Å². The first-order valence-electron chi connectivity index (χ1n) is 8.01. The van der Waals surface area contributed by atoms with Crippen LogP contribution in [0.5, 0.6) is 0 Å². The molecule has 1 aliphatic rings. The summed E-state index contributed by atoms with van der Waals surface area (Å²) in [6.07, 6.45) is 4.84. The fraction of sp³-hybridized carbons (Fsp3) is 0.500. The lowest BCUT2D eigenvalue weighted by Gasteiger charge is -2.15. The summed E-state index contributed by atoms with van der Waals surface area (Å²) in [7, 11) is 0. The van der Waals surface area contributed by atoms with E-state index in [0.717, 1.165) is 37.9 Å². The average molecular weight is 284 g/mol. The van der Waals surface area contributed by atoms with Gasteiger partial charge in [0.05, 0.1) is 11.6 Å². The molecule has 3 nitrogen and oxygen atoms in total. The number of nitrogens with zero attached hydrogens (tertiary/aromatic N) is 1. The summed E-state index contributed by atoms with van der Waals surface area (Å²) in [6, 6.07) is 8.45. The summed E-state index contributed by atoms with van der Waals surface area (Å²) in [5.74, 6) is 0. The highest BCUT2D eigenvalue weighted by molar-refractivity contribution is 5.93. The normalized spacial score (nSPS) is 13.9. The predicted octanol–water partition coefficient (Wildman–Crippen LogP) is 3.95. The molecule has 0 radical (unpaired) electrons. The van der Waals surface area contributed by atoms with Crippen LogP contribution in [0.1, 0.15) is 37.9 Å². The number of nitrogens with one attached hydrogen (secondary N) is 1. The number of ether oxygens (including phenoxy) is 1. The minimum Gasteiger partial charge on any atom is -0.384 e. The molecule has 1 aromatic heterocycles. The molecule has 0 saturated heterocycles. The van der Waals surface area contributed by atoms with Gasteiger partial charge in [0.25, 0.3) is 0 Å². The first-order chi connectivity index (χ1) is 10.3. The Balaban J connectivity index is 1.77. The summed E-state index contributed by atoms with van der Waals surface area (Å²) in [6.45, 7) is 5.93. The van der Waals surface area contributed by atoms with Crippen molar-refractivity contribution >= 4 is 16.6 Å². The zero-order valence-corrected chi connectivity index (χ0v) is 13.0. The number of anilines is 1. The van der Waals surface area contributed by atoms with Gasteiger partial charge in [-0.25, -0.2) is 0 Å². The topological polar surface area (TPSA) is 34.1 Å². The van der Waals surface area contributed by atoms with Gasteiger partial charge in [-0.05, 0) is 51.2 Å². The monoisotopic (exact) mass is 284 g/mol. The van der Waals surface area contributed by atoms with E-state index in [1.807, 2.05) is 0 Å². The molecule has 0 unspecified atom stereocenters. The second-order valence-electron chi connectivity index (χ2n) is 5.98. The van der Waals surface area contributed by atoms with Crippen LogP contribution < -0.4 is 5.32 Å². The van der Waals surface area contributed by atoms with E-state index in [0.29, 0.717) is 6.10 Å². The molecule has 1 aromatic carbocycles. The van der Waals surface area contributed by atoms with Gasteiger partial charge in [0.2, 0.25) is 0 Å². The third-order valence-electron chi connectivity index (χ3n) is 3.99. The van der Waals surface area contributed by atoms with Crippen LogP contribution in [-0.2, 0) is 17.6 Å². The Kier molecular flexibility index (Phi) is 4.39. The summed E-state index contributed by atoms with van der Waals surface area (Å²) in [4.78, 5) is 4.82. The number of fused-ring (bicyclic) bond motifs is 2. The van der Waals surface area contributed by atoms with Crippen molar-refractivity contribution in [3.63, 3.8) is 0 Å². The zero-order chi connectivity index (χ0) is 14.7. The lowest BCUT2D eigenvalue weighted by atomic mass is 10.1. The number of pyridine rings is 1. The molecule has 1 aliphatic carbocycles. The number of hydrogen-bond acceptors (Lipinski definition) is 3. The van der Waals surface area contributed by atoms with Crippen LogP contribution in [-0.4, -0.2) is 24.2 Å². The summed E-state index contributed by atoms with van der Waals surface area (Å²) in [5.41, 5.74) is 5.13. The molecule has 0 atom stereocenters. The van der Waals surface area contributed by atoms with E-state index in [1.54, 1.807) is 0 Å². The highest BCUT2D eigenvalue weighted by Gasteiger charge is 2.18. The van der Waals surface area contributed by atoms with Gasteiger partial charge < -0.3 is 10.1 Å². The Bertz CT molecular complexity index is 622. The largest absolute Gasteiger partial charge is 0.384 e. The van der Waals surface area contributed by atoms with Crippen molar-refractivity contribution in [1.82, 2.24) is 4.98 Å². The van der Waals surface area contributed by atoms with E-state index in [2.05, 4.69) is 43.4 Å². The van der Waals surface area contributed by atoms with Crippen molar-refractivity contribution in [3.8, 4) is 0 Å². The molecular formula is C18H24N2O. The molecule has 0 bridgehead atoms. The number of aromatic nitrogens is 1. The first kappa shape index (κ1) is 14.3. The zero-order valence-electron chi connectivity index (χ0n) is 13.0. The average Bonchev–Trinajstić information content (AvgIpc) is 2.93. The lowest BCUT2D eigenvalue weighted by Crippen LogP contribution is -2.11. The van der Waals surface area contributed by atoms with E-state index in [-0.39, 0.29) is 0 Å². The van der Waals surface area contributed by atoms with E-state index in [4.69, 9.17) is 9.72 Å². The lowest BCUT2D eigenvalue weighted by molar-refractivity contribution is 0.0787. The molecule has 0 aliphatic heterocycles. The van der Waals surface area contributed by atoms with Crippen molar-refractivity contribution < 1.29 is 4.74 Å². The van der Waals surface area contributed by atoms with Gasteiger partial charge in [-0.3, -0.25) is 4.98 Å². The van der Waals surface area contributed by atoms with Crippen LogP contribution in [0, 0.1) is 0 Å². The Morgan fingerprint density at radius 2 is 2.10 bits per heavy atom. The van der Waals surface area contributed by atoms with Gasteiger partial charge in [-0.15, -0.1) is 0 Å². The SMILES string of the molecule is CC(C)OCCCNc1c2c(nc3ccccc13)CCC2. The highest BCUT2D eigenvalue weighted by atomic mass is 16.5. The van der Waals surface area contributed by atoms with E-state index >= 15 is 0 Å². The number of aryl methyl sites for hydroxylation is 1. The molecule has 0 fully saturated rings. The van der Waals surface area contributed by atoms with E-state index < -0.39 is 0 Å². The van der Waals surface area contributed by atoms with Crippen LogP contribution in [0.3, 0.4) is 0 Å². The Morgan fingerprint density at radius 1 is 1.24 bits per heavy atom. The Morgan fingerprint density at radius 3 is 2.95 bits per heavy atom. The van der Waals surface area contributed by atoms with Crippen molar-refractivity contribution in [1.29, 1.82) is 0 Å². The maximum atomic E-state index is 5.61. The van der Waals surface area contributed by atoms with Crippen LogP contribution in [0.15, 0.2) is 24.3 Å². The third-order valence-corrected chi connectivity index (χ3v) is 3.99. The smallest absolute Gasteiger partial charge is 0.0726 e. The molecule has 3 heteroatoms. The van der Waals surface area contributed by atoms with Gasteiger partial charge in [-0.1, -0.05) is 18.2 Å².